The highest BCUT2D eigenvalue weighted by Gasteiger charge is 2.12. The highest BCUT2D eigenvalue weighted by molar-refractivity contribution is 6.30. The van der Waals surface area contributed by atoms with Crippen LogP contribution in [-0.4, -0.2) is 45.2 Å². The first kappa shape index (κ1) is 17.9. The first-order chi connectivity index (χ1) is 11.4. The summed E-state index contributed by atoms with van der Waals surface area (Å²) in [7, 11) is 0. The molecule has 1 aromatic carbocycles. The monoisotopic (exact) mass is 351 g/mol. The van der Waals surface area contributed by atoms with E-state index in [2.05, 4.69) is 20.7 Å². The van der Waals surface area contributed by atoms with E-state index in [0.717, 1.165) is 10.4 Å². The molecule has 0 aliphatic carbocycles. The molecular formula is C15H18ClN5O3. The largest absolute Gasteiger partial charge is 0.454 e. The third-order valence-corrected chi connectivity index (χ3v) is 3.15. The van der Waals surface area contributed by atoms with E-state index >= 15 is 0 Å². The number of nitrogens with one attached hydrogen (secondary N) is 1. The second-order valence-electron chi connectivity index (χ2n) is 5.51. The van der Waals surface area contributed by atoms with Crippen molar-refractivity contribution in [3.63, 3.8) is 0 Å². The summed E-state index contributed by atoms with van der Waals surface area (Å²) in [6.45, 7) is 3.93. The zero-order valence-corrected chi connectivity index (χ0v) is 14.2. The number of carbonyl (C=O) groups is 2. The molecule has 1 heterocycles. The summed E-state index contributed by atoms with van der Waals surface area (Å²) in [5.74, 6) is -0.260. The second-order valence-corrected chi connectivity index (χ2v) is 5.95. The Morgan fingerprint density at radius 1 is 1.29 bits per heavy atom. The second kappa shape index (κ2) is 8.39. The van der Waals surface area contributed by atoms with Crippen molar-refractivity contribution in [1.29, 1.82) is 0 Å². The number of tetrazole rings is 1. The number of rotatable bonds is 7. The lowest BCUT2D eigenvalue weighted by Crippen LogP contribution is -2.32. The number of aromatic nitrogens is 4. The van der Waals surface area contributed by atoms with Crippen LogP contribution in [0.4, 0.5) is 0 Å². The van der Waals surface area contributed by atoms with Crippen molar-refractivity contribution in [3.8, 4) is 11.4 Å². The SMILES string of the molecule is CC(C)CNC(=O)COC(=O)Cn1nnc(-c2ccc(Cl)cc2)n1. The third kappa shape index (κ3) is 5.62. The summed E-state index contributed by atoms with van der Waals surface area (Å²) in [4.78, 5) is 24.3. The van der Waals surface area contributed by atoms with Crippen molar-refractivity contribution < 1.29 is 14.3 Å². The standard InChI is InChI=1S/C15H18ClN5O3/c1-10(2)7-17-13(22)9-24-14(23)8-21-19-15(18-20-21)11-3-5-12(16)6-4-11/h3-6,10H,7-9H2,1-2H3,(H,17,22). The molecule has 0 saturated heterocycles. The lowest BCUT2D eigenvalue weighted by Gasteiger charge is -2.07. The van der Waals surface area contributed by atoms with Crippen LogP contribution >= 0.6 is 11.6 Å². The molecule has 0 bridgehead atoms. The maximum absolute atomic E-state index is 11.7. The molecule has 1 aromatic heterocycles. The van der Waals surface area contributed by atoms with Crippen LogP contribution in [-0.2, 0) is 20.9 Å². The fraction of sp³-hybridized carbons (Fsp3) is 0.400. The van der Waals surface area contributed by atoms with E-state index < -0.39 is 5.97 Å². The number of halogens is 1. The van der Waals surface area contributed by atoms with Crippen molar-refractivity contribution in [2.24, 2.45) is 5.92 Å². The molecule has 1 amide bonds. The molecule has 0 spiro atoms. The summed E-state index contributed by atoms with van der Waals surface area (Å²) in [6.07, 6.45) is 0. The van der Waals surface area contributed by atoms with E-state index in [1.807, 2.05) is 13.8 Å². The molecule has 0 unspecified atom stereocenters. The zero-order chi connectivity index (χ0) is 17.5. The molecule has 0 fully saturated rings. The fourth-order valence-electron chi connectivity index (χ4n) is 1.70. The summed E-state index contributed by atoms with van der Waals surface area (Å²) < 4.78 is 4.87. The van der Waals surface area contributed by atoms with Crippen molar-refractivity contribution >= 4 is 23.5 Å². The molecule has 0 aliphatic heterocycles. The zero-order valence-electron chi connectivity index (χ0n) is 13.4. The minimum Gasteiger partial charge on any atom is -0.454 e. The first-order valence-electron chi connectivity index (χ1n) is 7.40. The van der Waals surface area contributed by atoms with Gasteiger partial charge in [0.25, 0.3) is 5.91 Å². The van der Waals surface area contributed by atoms with Gasteiger partial charge in [-0.25, -0.2) is 4.79 Å². The maximum atomic E-state index is 11.7. The van der Waals surface area contributed by atoms with E-state index in [-0.39, 0.29) is 19.1 Å². The number of esters is 1. The summed E-state index contributed by atoms with van der Waals surface area (Å²) >= 11 is 5.82. The van der Waals surface area contributed by atoms with Crippen molar-refractivity contribution in [2.75, 3.05) is 13.2 Å². The Hall–Kier alpha value is -2.48. The number of nitrogens with zero attached hydrogens (tertiary/aromatic N) is 4. The van der Waals surface area contributed by atoms with Crippen LogP contribution < -0.4 is 5.32 Å². The van der Waals surface area contributed by atoms with Gasteiger partial charge in [-0.2, -0.15) is 4.80 Å². The molecule has 2 aromatic rings. The molecule has 0 radical (unpaired) electrons. The van der Waals surface area contributed by atoms with Gasteiger partial charge >= 0.3 is 5.97 Å². The van der Waals surface area contributed by atoms with Crippen LogP contribution in [0.5, 0.6) is 0 Å². The van der Waals surface area contributed by atoms with E-state index in [9.17, 15) is 9.59 Å². The number of carbonyl (C=O) groups excluding carboxylic acids is 2. The van der Waals surface area contributed by atoms with Crippen molar-refractivity contribution in [3.05, 3.63) is 29.3 Å². The van der Waals surface area contributed by atoms with Gasteiger partial charge in [-0.3, -0.25) is 4.79 Å². The molecule has 2 rings (SSSR count). The molecule has 0 aliphatic rings. The average molecular weight is 352 g/mol. The van der Waals surface area contributed by atoms with Gasteiger partial charge in [0.2, 0.25) is 5.82 Å². The van der Waals surface area contributed by atoms with Crippen LogP contribution in [0.15, 0.2) is 24.3 Å². The van der Waals surface area contributed by atoms with Gasteiger partial charge in [0, 0.05) is 17.1 Å². The van der Waals surface area contributed by atoms with Gasteiger partial charge in [0.1, 0.15) is 0 Å². The Labute approximate surface area is 144 Å². The van der Waals surface area contributed by atoms with E-state index in [0.29, 0.717) is 23.3 Å². The van der Waals surface area contributed by atoms with Crippen LogP contribution in [0, 0.1) is 5.92 Å². The summed E-state index contributed by atoms with van der Waals surface area (Å²) in [6, 6.07) is 6.92. The Bertz CT molecular complexity index is 699. The van der Waals surface area contributed by atoms with Crippen molar-refractivity contribution in [1.82, 2.24) is 25.5 Å². The maximum Gasteiger partial charge on any atom is 0.330 e. The fourth-order valence-corrected chi connectivity index (χ4v) is 1.83. The highest BCUT2D eigenvalue weighted by atomic mass is 35.5. The number of benzene rings is 1. The highest BCUT2D eigenvalue weighted by Crippen LogP contribution is 2.16. The number of hydrogen-bond acceptors (Lipinski definition) is 6. The summed E-state index contributed by atoms with van der Waals surface area (Å²) in [5.41, 5.74) is 0.729. The quantitative estimate of drug-likeness (QED) is 0.755. The van der Waals surface area contributed by atoms with Crippen LogP contribution in [0.2, 0.25) is 5.02 Å². The molecule has 128 valence electrons. The van der Waals surface area contributed by atoms with Gasteiger partial charge in [0.05, 0.1) is 0 Å². The number of amides is 1. The third-order valence-electron chi connectivity index (χ3n) is 2.90. The van der Waals surface area contributed by atoms with Crippen LogP contribution in [0.3, 0.4) is 0 Å². The molecule has 0 saturated carbocycles. The number of ether oxygens (including phenoxy) is 1. The molecule has 8 nitrogen and oxygen atoms in total. The minimum absolute atomic E-state index is 0.224. The predicted octanol–water partition coefficient (Wildman–Crippen LogP) is 1.31. The Balaban J connectivity index is 1.82. The van der Waals surface area contributed by atoms with Gasteiger partial charge in [-0.15, -0.1) is 10.2 Å². The Morgan fingerprint density at radius 3 is 2.67 bits per heavy atom. The first-order valence-corrected chi connectivity index (χ1v) is 7.78. The van der Waals surface area contributed by atoms with Crippen LogP contribution in [0.25, 0.3) is 11.4 Å². The normalized spacial score (nSPS) is 10.7. The van der Waals surface area contributed by atoms with E-state index in [1.165, 1.54) is 0 Å². The lowest BCUT2D eigenvalue weighted by molar-refractivity contribution is -0.149. The van der Waals surface area contributed by atoms with Gasteiger partial charge in [0.15, 0.2) is 13.2 Å². The molecule has 1 N–H and O–H groups in total. The molecule has 9 heteroatoms. The smallest absolute Gasteiger partial charge is 0.330 e. The van der Waals surface area contributed by atoms with Crippen molar-refractivity contribution in [2.45, 2.75) is 20.4 Å². The molecule has 24 heavy (non-hydrogen) atoms. The van der Waals surface area contributed by atoms with Gasteiger partial charge in [-0.05, 0) is 35.4 Å². The lowest BCUT2D eigenvalue weighted by atomic mass is 10.2. The Kier molecular flexibility index (Phi) is 6.25. The molecule has 0 atom stereocenters. The summed E-state index contributed by atoms with van der Waals surface area (Å²) in [5, 5.41) is 15.0. The number of hydrogen-bond donors (Lipinski definition) is 1. The van der Waals surface area contributed by atoms with Gasteiger partial charge < -0.3 is 10.1 Å². The average Bonchev–Trinajstić information content (AvgIpc) is 3.00. The Morgan fingerprint density at radius 2 is 2.00 bits per heavy atom. The predicted molar refractivity (Wildman–Crippen MR) is 87.1 cm³/mol. The van der Waals surface area contributed by atoms with Gasteiger partial charge in [-0.1, -0.05) is 25.4 Å². The minimum atomic E-state index is -0.616. The van der Waals surface area contributed by atoms with Crippen LogP contribution in [0.1, 0.15) is 13.8 Å². The topological polar surface area (TPSA) is 99.0 Å². The molecular weight excluding hydrogens is 334 g/mol. The van der Waals surface area contributed by atoms with E-state index in [4.69, 9.17) is 16.3 Å². The van der Waals surface area contributed by atoms with E-state index in [1.54, 1.807) is 24.3 Å².